The molecule has 0 aliphatic heterocycles. The van der Waals surface area contributed by atoms with Gasteiger partial charge in [0.1, 0.15) is 5.69 Å². The highest BCUT2D eigenvalue weighted by Crippen LogP contribution is 2.19. The predicted octanol–water partition coefficient (Wildman–Crippen LogP) is 2.92. The van der Waals surface area contributed by atoms with E-state index in [4.69, 9.17) is 5.73 Å². The molecule has 0 saturated carbocycles. The van der Waals surface area contributed by atoms with Crippen LogP contribution in [0.2, 0.25) is 0 Å². The van der Waals surface area contributed by atoms with Gasteiger partial charge in [0.15, 0.2) is 0 Å². The predicted molar refractivity (Wildman–Crippen MR) is 86.4 cm³/mol. The van der Waals surface area contributed by atoms with Crippen LogP contribution >= 0.6 is 11.3 Å². The standard InChI is InChI=1S/C16H21N3OS/c1-2-6-13(12-7-4-3-5-8-12)19-16(20)14-11-21-15(18-14)9-10-17/h3-5,7-8,11,13H,2,6,9-10,17H2,1H3,(H,19,20). The Balaban J connectivity index is 2.07. The van der Waals surface area contributed by atoms with Gasteiger partial charge in [-0.1, -0.05) is 43.7 Å². The van der Waals surface area contributed by atoms with Gasteiger partial charge in [0.25, 0.3) is 5.91 Å². The Kier molecular flexibility index (Phi) is 5.90. The van der Waals surface area contributed by atoms with Gasteiger partial charge in [-0.2, -0.15) is 0 Å². The summed E-state index contributed by atoms with van der Waals surface area (Å²) in [6.07, 6.45) is 2.64. The van der Waals surface area contributed by atoms with E-state index >= 15 is 0 Å². The van der Waals surface area contributed by atoms with Crippen LogP contribution in [0.1, 0.15) is 46.9 Å². The van der Waals surface area contributed by atoms with Gasteiger partial charge in [0.05, 0.1) is 11.0 Å². The summed E-state index contributed by atoms with van der Waals surface area (Å²) in [5, 5.41) is 5.79. The van der Waals surface area contributed by atoms with Gasteiger partial charge in [-0.3, -0.25) is 4.79 Å². The van der Waals surface area contributed by atoms with E-state index in [1.807, 2.05) is 30.3 Å². The van der Waals surface area contributed by atoms with E-state index in [-0.39, 0.29) is 11.9 Å². The van der Waals surface area contributed by atoms with Gasteiger partial charge in [-0.25, -0.2) is 4.98 Å². The quantitative estimate of drug-likeness (QED) is 0.826. The Morgan fingerprint density at radius 1 is 1.38 bits per heavy atom. The average Bonchev–Trinajstić information content (AvgIpc) is 2.97. The Morgan fingerprint density at radius 2 is 2.14 bits per heavy atom. The number of benzene rings is 1. The maximum atomic E-state index is 12.3. The summed E-state index contributed by atoms with van der Waals surface area (Å²) in [4.78, 5) is 16.7. The van der Waals surface area contributed by atoms with Crippen LogP contribution in [-0.4, -0.2) is 17.4 Å². The number of nitrogens with two attached hydrogens (primary N) is 1. The van der Waals surface area contributed by atoms with Gasteiger partial charge in [0.2, 0.25) is 0 Å². The minimum absolute atomic E-state index is 0.0309. The monoisotopic (exact) mass is 303 g/mol. The number of aromatic nitrogens is 1. The molecule has 2 aromatic rings. The lowest BCUT2D eigenvalue weighted by atomic mass is 10.0. The fraction of sp³-hybridized carbons (Fsp3) is 0.375. The highest BCUT2D eigenvalue weighted by atomic mass is 32.1. The summed E-state index contributed by atoms with van der Waals surface area (Å²) in [5.74, 6) is -0.114. The second-order valence-corrected chi connectivity index (χ2v) is 5.83. The Morgan fingerprint density at radius 3 is 2.81 bits per heavy atom. The normalized spacial score (nSPS) is 12.1. The molecule has 1 aromatic heterocycles. The van der Waals surface area contributed by atoms with Crippen LogP contribution in [-0.2, 0) is 6.42 Å². The third-order valence-corrected chi connectivity index (χ3v) is 4.14. The number of carbonyl (C=O) groups excluding carboxylic acids is 1. The van der Waals surface area contributed by atoms with Gasteiger partial charge in [-0.05, 0) is 18.5 Å². The van der Waals surface area contributed by atoms with E-state index in [1.165, 1.54) is 11.3 Å². The zero-order valence-corrected chi connectivity index (χ0v) is 13.0. The third kappa shape index (κ3) is 4.37. The molecule has 1 unspecified atom stereocenters. The largest absolute Gasteiger partial charge is 0.344 e. The number of hydrogen-bond donors (Lipinski definition) is 2. The lowest BCUT2D eigenvalue weighted by Gasteiger charge is -2.18. The number of nitrogens with zero attached hydrogens (tertiary/aromatic N) is 1. The molecule has 5 heteroatoms. The first-order valence-electron chi connectivity index (χ1n) is 7.25. The van der Waals surface area contributed by atoms with Crippen molar-refractivity contribution in [3.63, 3.8) is 0 Å². The molecule has 1 aromatic carbocycles. The number of hydrogen-bond acceptors (Lipinski definition) is 4. The molecule has 0 spiro atoms. The minimum Gasteiger partial charge on any atom is -0.344 e. The second kappa shape index (κ2) is 7.90. The lowest BCUT2D eigenvalue weighted by molar-refractivity contribution is 0.0930. The number of carbonyl (C=O) groups is 1. The molecule has 0 aliphatic rings. The molecule has 1 atom stereocenters. The van der Waals surface area contributed by atoms with Crippen molar-refractivity contribution in [2.45, 2.75) is 32.2 Å². The average molecular weight is 303 g/mol. The van der Waals surface area contributed by atoms with Gasteiger partial charge >= 0.3 is 0 Å². The fourth-order valence-corrected chi connectivity index (χ4v) is 2.98. The smallest absolute Gasteiger partial charge is 0.271 e. The van der Waals surface area contributed by atoms with Crippen molar-refractivity contribution in [1.82, 2.24) is 10.3 Å². The van der Waals surface area contributed by atoms with E-state index in [0.29, 0.717) is 12.2 Å². The second-order valence-electron chi connectivity index (χ2n) is 4.89. The van der Waals surface area contributed by atoms with Crippen molar-refractivity contribution in [2.75, 3.05) is 6.54 Å². The van der Waals surface area contributed by atoms with E-state index in [2.05, 4.69) is 17.2 Å². The van der Waals surface area contributed by atoms with Gasteiger partial charge in [0, 0.05) is 11.8 Å². The molecule has 1 heterocycles. The van der Waals surface area contributed by atoms with Crippen molar-refractivity contribution in [3.8, 4) is 0 Å². The van der Waals surface area contributed by atoms with Crippen LogP contribution in [0.5, 0.6) is 0 Å². The number of rotatable bonds is 7. The highest BCUT2D eigenvalue weighted by Gasteiger charge is 2.17. The minimum atomic E-state index is -0.114. The molecule has 0 fully saturated rings. The fourth-order valence-electron chi connectivity index (χ4n) is 2.18. The van der Waals surface area contributed by atoms with Crippen molar-refractivity contribution >= 4 is 17.2 Å². The van der Waals surface area contributed by atoms with Crippen LogP contribution in [0.3, 0.4) is 0 Å². The van der Waals surface area contributed by atoms with Crippen molar-refractivity contribution in [2.24, 2.45) is 5.73 Å². The molecule has 0 aliphatic carbocycles. The molecule has 112 valence electrons. The molecule has 1 amide bonds. The molecule has 4 nitrogen and oxygen atoms in total. The first-order chi connectivity index (χ1) is 10.2. The molecular weight excluding hydrogens is 282 g/mol. The van der Waals surface area contributed by atoms with Crippen LogP contribution in [0.4, 0.5) is 0 Å². The summed E-state index contributed by atoms with van der Waals surface area (Å²) in [5.41, 5.74) is 7.12. The summed E-state index contributed by atoms with van der Waals surface area (Å²) in [6, 6.07) is 10.1. The van der Waals surface area contributed by atoms with Crippen molar-refractivity contribution < 1.29 is 4.79 Å². The van der Waals surface area contributed by atoms with Crippen molar-refractivity contribution in [3.05, 3.63) is 52.0 Å². The first kappa shape index (κ1) is 15.7. The highest BCUT2D eigenvalue weighted by molar-refractivity contribution is 7.09. The Labute approximate surface area is 129 Å². The van der Waals surface area contributed by atoms with Gasteiger partial charge in [-0.15, -0.1) is 11.3 Å². The van der Waals surface area contributed by atoms with Gasteiger partial charge < -0.3 is 11.1 Å². The first-order valence-corrected chi connectivity index (χ1v) is 8.12. The van der Waals surface area contributed by atoms with E-state index in [9.17, 15) is 4.79 Å². The summed E-state index contributed by atoms with van der Waals surface area (Å²) in [6.45, 7) is 2.67. The van der Waals surface area contributed by atoms with Crippen molar-refractivity contribution in [1.29, 1.82) is 0 Å². The Bertz CT molecular complexity index is 568. The molecule has 2 rings (SSSR count). The third-order valence-electron chi connectivity index (χ3n) is 3.23. The van der Waals surface area contributed by atoms with E-state index in [1.54, 1.807) is 5.38 Å². The molecule has 21 heavy (non-hydrogen) atoms. The SMILES string of the molecule is CCCC(NC(=O)c1csc(CCN)n1)c1ccccc1. The maximum absolute atomic E-state index is 12.3. The molecule has 0 saturated heterocycles. The topological polar surface area (TPSA) is 68.0 Å². The summed E-state index contributed by atoms with van der Waals surface area (Å²) in [7, 11) is 0. The number of thiazole rings is 1. The Hall–Kier alpha value is -1.72. The van der Waals surface area contributed by atoms with Crippen LogP contribution < -0.4 is 11.1 Å². The zero-order chi connectivity index (χ0) is 15.1. The van der Waals surface area contributed by atoms with Crippen LogP contribution in [0, 0.1) is 0 Å². The molecular formula is C16H21N3OS. The maximum Gasteiger partial charge on any atom is 0.271 e. The summed E-state index contributed by atoms with van der Waals surface area (Å²) < 4.78 is 0. The molecule has 0 radical (unpaired) electrons. The van der Waals surface area contributed by atoms with E-state index < -0.39 is 0 Å². The van der Waals surface area contributed by atoms with Crippen LogP contribution in [0.25, 0.3) is 0 Å². The molecule has 0 bridgehead atoms. The zero-order valence-electron chi connectivity index (χ0n) is 12.2. The number of amides is 1. The molecule has 3 N–H and O–H groups in total. The number of nitrogens with one attached hydrogen (secondary N) is 1. The van der Waals surface area contributed by atoms with Crippen LogP contribution in [0.15, 0.2) is 35.7 Å². The lowest BCUT2D eigenvalue weighted by Crippen LogP contribution is -2.28. The van der Waals surface area contributed by atoms with E-state index in [0.717, 1.165) is 29.8 Å². The summed E-state index contributed by atoms with van der Waals surface area (Å²) >= 11 is 1.49.